The third-order valence-corrected chi connectivity index (χ3v) is 3.36. The van der Waals surface area contributed by atoms with Gasteiger partial charge >= 0.3 is 0 Å². The Morgan fingerprint density at radius 2 is 2.08 bits per heavy atom. The molecule has 0 saturated heterocycles. The molecule has 0 amide bonds. The number of halogens is 1. The maximum Gasteiger partial charge on any atom is 0.226 e. The molecule has 0 spiro atoms. The van der Waals surface area contributed by atoms with Crippen LogP contribution in [-0.4, -0.2) is 5.24 Å². The van der Waals surface area contributed by atoms with Crippen LogP contribution < -0.4 is 0 Å². The molecule has 0 aliphatic heterocycles. The third-order valence-electron chi connectivity index (χ3n) is 1.71. The van der Waals surface area contributed by atoms with Gasteiger partial charge in [-0.05, 0) is 29.1 Å². The van der Waals surface area contributed by atoms with E-state index in [2.05, 4.69) is 26.8 Å². The lowest BCUT2D eigenvalue weighted by Gasteiger charge is -2.15. The van der Waals surface area contributed by atoms with E-state index in [-0.39, 0.29) is 10.7 Å². The third kappa shape index (κ3) is 3.12. The van der Waals surface area contributed by atoms with Crippen LogP contribution in [-0.2, 0) is 16.6 Å². The lowest BCUT2D eigenvalue weighted by molar-refractivity contribution is -0.111. The van der Waals surface area contributed by atoms with E-state index in [0.717, 1.165) is 4.88 Å². The van der Waals surface area contributed by atoms with E-state index < -0.39 is 0 Å². The lowest BCUT2D eigenvalue weighted by atomic mass is 9.95. The quantitative estimate of drug-likeness (QED) is 0.693. The number of carbonyl (C=O) groups is 1. The van der Waals surface area contributed by atoms with Crippen LogP contribution in [0.15, 0.2) is 12.1 Å². The maximum atomic E-state index is 10.6. The highest BCUT2D eigenvalue weighted by atomic mass is 35.5. The minimum atomic E-state index is -0.290. The average Bonchev–Trinajstić information content (AvgIpc) is 2.32. The van der Waals surface area contributed by atoms with Crippen molar-refractivity contribution < 1.29 is 4.79 Å². The minimum absolute atomic E-state index is 0.165. The molecule has 1 rings (SSSR count). The second-order valence-corrected chi connectivity index (χ2v) is 5.64. The molecular weight excluding hydrogens is 204 g/mol. The second-order valence-electron chi connectivity index (χ2n) is 4.05. The van der Waals surface area contributed by atoms with Crippen molar-refractivity contribution in [2.45, 2.75) is 32.6 Å². The van der Waals surface area contributed by atoms with Gasteiger partial charge in [0.2, 0.25) is 5.24 Å². The van der Waals surface area contributed by atoms with Crippen LogP contribution in [0.2, 0.25) is 0 Å². The Morgan fingerprint density at radius 1 is 1.46 bits per heavy atom. The van der Waals surface area contributed by atoms with Crippen molar-refractivity contribution in [3.8, 4) is 0 Å². The van der Waals surface area contributed by atoms with Crippen LogP contribution in [0.4, 0.5) is 0 Å². The average molecular weight is 217 g/mol. The van der Waals surface area contributed by atoms with E-state index in [4.69, 9.17) is 11.6 Å². The molecule has 13 heavy (non-hydrogen) atoms. The molecule has 0 aliphatic carbocycles. The predicted molar refractivity (Wildman–Crippen MR) is 57.6 cm³/mol. The molecule has 1 heterocycles. The molecule has 1 aromatic heterocycles. The molecule has 1 nitrogen and oxygen atoms in total. The van der Waals surface area contributed by atoms with Gasteiger partial charge in [-0.2, -0.15) is 0 Å². The van der Waals surface area contributed by atoms with Gasteiger partial charge in [-0.15, -0.1) is 11.3 Å². The molecule has 0 aliphatic rings. The Morgan fingerprint density at radius 3 is 2.46 bits per heavy atom. The summed E-state index contributed by atoms with van der Waals surface area (Å²) in [7, 11) is 0. The Bertz CT molecular complexity index is 309. The fourth-order valence-corrected chi connectivity index (χ4v) is 2.30. The van der Waals surface area contributed by atoms with Crippen LogP contribution in [0, 0.1) is 0 Å². The smallest absolute Gasteiger partial charge is 0.226 e. The monoisotopic (exact) mass is 216 g/mol. The summed E-state index contributed by atoms with van der Waals surface area (Å²) >= 11 is 6.97. The Kier molecular flexibility index (Phi) is 3.14. The van der Waals surface area contributed by atoms with Crippen LogP contribution in [0.5, 0.6) is 0 Å². The van der Waals surface area contributed by atoms with E-state index in [0.29, 0.717) is 6.42 Å². The van der Waals surface area contributed by atoms with Crippen molar-refractivity contribution in [3.05, 3.63) is 21.9 Å². The molecule has 0 aromatic carbocycles. The molecule has 1 aromatic rings. The highest BCUT2D eigenvalue weighted by molar-refractivity contribution is 7.12. The van der Waals surface area contributed by atoms with E-state index in [9.17, 15) is 4.79 Å². The first-order valence-corrected chi connectivity index (χ1v) is 5.36. The molecule has 0 bridgehead atoms. The number of hydrogen-bond donors (Lipinski definition) is 0. The van der Waals surface area contributed by atoms with Gasteiger partial charge in [0, 0.05) is 9.75 Å². The molecule has 0 radical (unpaired) electrons. The fourth-order valence-electron chi connectivity index (χ4n) is 1.01. The number of hydrogen-bond acceptors (Lipinski definition) is 2. The normalized spacial score (nSPS) is 11.7. The van der Waals surface area contributed by atoms with Crippen molar-refractivity contribution in [2.24, 2.45) is 0 Å². The summed E-state index contributed by atoms with van der Waals surface area (Å²) in [5.41, 5.74) is 0.165. The number of carbonyl (C=O) groups excluding carboxylic acids is 1. The summed E-state index contributed by atoms with van der Waals surface area (Å²) in [5.74, 6) is 0. The van der Waals surface area contributed by atoms with Crippen molar-refractivity contribution in [1.82, 2.24) is 0 Å². The Labute approximate surface area is 87.7 Å². The van der Waals surface area contributed by atoms with Gasteiger partial charge in [0.15, 0.2) is 0 Å². The van der Waals surface area contributed by atoms with Gasteiger partial charge < -0.3 is 0 Å². The molecule has 0 atom stereocenters. The van der Waals surface area contributed by atoms with E-state index >= 15 is 0 Å². The summed E-state index contributed by atoms with van der Waals surface area (Å²) in [4.78, 5) is 13.0. The van der Waals surface area contributed by atoms with Gasteiger partial charge in [-0.25, -0.2) is 0 Å². The zero-order valence-corrected chi connectivity index (χ0v) is 9.63. The predicted octanol–water partition coefficient (Wildman–Crippen LogP) is 3.35. The summed E-state index contributed by atoms with van der Waals surface area (Å²) in [6.45, 7) is 6.47. The van der Waals surface area contributed by atoms with Gasteiger partial charge in [0.1, 0.15) is 0 Å². The largest absolute Gasteiger partial charge is 0.281 e. The van der Waals surface area contributed by atoms with E-state index in [1.165, 1.54) is 4.88 Å². The second kappa shape index (κ2) is 3.81. The topological polar surface area (TPSA) is 17.1 Å². The molecule has 72 valence electrons. The highest BCUT2D eigenvalue weighted by Crippen LogP contribution is 2.29. The SMILES string of the molecule is CC(C)(C)c1ccc(CC(=O)Cl)s1. The van der Waals surface area contributed by atoms with Gasteiger partial charge in [-0.3, -0.25) is 4.79 Å². The first kappa shape index (κ1) is 10.7. The zero-order chi connectivity index (χ0) is 10.1. The number of thiophene rings is 1. The molecular formula is C10H13ClOS. The first-order valence-electron chi connectivity index (χ1n) is 4.17. The van der Waals surface area contributed by atoms with Crippen LogP contribution >= 0.6 is 22.9 Å². The van der Waals surface area contributed by atoms with E-state index in [1.54, 1.807) is 11.3 Å². The standard InChI is InChI=1S/C10H13ClOS/c1-10(2,3)8-5-4-7(13-8)6-9(11)12/h4-5H,6H2,1-3H3. The minimum Gasteiger partial charge on any atom is -0.281 e. The molecule has 0 N–H and O–H groups in total. The van der Waals surface area contributed by atoms with E-state index in [1.807, 2.05) is 6.07 Å². The number of rotatable bonds is 2. The lowest BCUT2D eigenvalue weighted by Crippen LogP contribution is -2.07. The van der Waals surface area contributed by atoms with Crippen molar-refractivity contribution >= 4 is 28.2 Å². The summed E-state index contributed by atoms with van der Waals surface area (Å²) in [6.07, 6.45) is 0.350. The summed E-state index contributed by atoms with van der Waals surface area (Å²) in [5, 5.41) is -0.290. The van der Waals surface area contributed by atoms with Crippen molar-refractivity contribution in [1.29, 1.82) is 0 Å². The van der Waals surface area contributed by atoms with Crippen LogP contribution in [0.3, 0.4) is 0 Å². The first-order chi connectivity index (χ1) is 5.89. The Balaban J connectivity index is 2.81. The molecule has 0 unspecified atom stereocenters. The maximum absolute atomic E-state index is 10.6. The fraction of sp³-hybridized carbons (Fsp3) is 0.500. The van der Waals surface area contributed by atoms with Crippen LogP contribution in [0.25, 0.3) is 0 Å². The highest BCUT2D eigenvalue weighted by Gasteiger charge is 2.16. The Hall–Kier alpha value is -0.340. The van der Waals surface area contributed by atoms with Gasteiger partial charge in [0.25, 0.3) is 0 Å². The zero-order valence-electron chi connectivity index (χ0n) is 8.06. The van der Waals surface area contributed by atoms with Gasteiger partial charge in [0.05, 0.1) is 6.42 Å². The van der Waals surface area contributed by atoms with Gasteiger partial charge in [-0.1, -0.05) is 20.8 Å². The molecule has 0 saturated carbocycles. The summed E-state index contributed by atoms with van der Waals surface area (Å²) in [6, 6.07) is 4.05. The molecule has 3 heteroatoms. The summed E-state index contributed by atoms with van der Waals surface area (Å²) < 4.78 is 0. The molecule has 0 fully saturated rings. The van der Waals surface area contributed by atoms with Crippen molar-refractivity contribution in [3.63, 3.8) is 0 Å². The van der Waals surface area contributed by atoms with Crippen LogP contribution in [0.1, 0.15) is 30.5 Å². The van der Waals surface area contributed by atoms with Crippen molar-refractivity contribution in [2.75, 3.05) is 0 Å².